The predicted octanol–water partition coefficient (Wildman–Crippen LogP) is 11.0. The number of allylic oxidation sites excluding steroid dienone is 1. The lowest BCUT2D eigenvalue weighted by Crippen LogP contribution is -2.70. The number of aliphatic hydroxyl groups excluding tert-OH is 2. The average Bonchev–Trinajstić information content (AvgIpc) is 4.14. The van der Waals surface area contributed by atoms with Gasteiger partial charge in [0.2, 0.25) is 24.8 Å². The zero-order valence-corrected chi connectivity index (χ0v) is 42.3. The van der Waals surface area contributed by atoms with Gasteiger partial charge in [-0.05, 0) is 111 Å². The number of fused-ring (bicyclic) bond motifs is 3. The first kappa shape index (κ1) is 52.7. The van der Waals surface area contributed by atoms with Gasteiger partial charge in [-0.3, -0.25) is 4.79 Å². The van der Waals surface area contributed by atoms with Crippen molar-refractivity contribution in [2.75, 3.05) is 39.8 Å². The van der Waals surface area contributed by atoms with Gasteiger partial charge in [-0.15, -0.1) is 6.58 Å². The maximum Gasteiger partial charge on any atom is 0.412 e. The van der Waals surface area contributed by atoms with E-state index in [2.05, 4.69) is 24.9 Å². The van der Waals surface area contributed by atoms with Crippen molar-refractivity contribution in [2.24, 2.45) is 28.8 Å². The maximum atomic E-state index is 15.1. The van der Waals surface area contributed by atoms with Crippen LogP contribution in [0, 0.1) is 23.7 Å². The van der Waals surface area contributed by atoms with E-state index in [0.29, 0.717) is 54.7 Å². The normalized spacial score (nSPS) is 25.6. The molecule has 0 aromatic heterocycles. The fourth-order valence-electron chi connectivity index (χ4n) is 11.7. The quantitative estimate of drug-likeness (QED) is 0.0403. The molecule has 0 radical (unpaired) electrons. The van der Waals surface area contributed by atoms with E-state index in [4.69, 9.17) is 38.4 Å². The van der Waals surface area contributed by atoms with Gasteiger partial charge in [0.25, 0.3) is 0 Å². The Morgan fingerprint density at radius 1 is 0.873 bits per heavy atom. The number of rotatable bonds is 29. The Hall–Kier alpha value is -4.63. The van der Waals surface area contributed by atoms with Crippen LogP contribution >= 0.6 is 0 Å². The number of carbonyl (C=O) groups excluding carboxylic acids is 2. The average molecular weight is 984 g/mol. The molecule has 2 aromatic rings. The van der Waals surface area contributed by atoms with Crippen molar-refractivity contribution in [2.45, 2.75) is 179 Å². The van der Waals surface area contributed by atoms with Crippen LogP contribution in [0.3, 0.4) is 0 Å². The van der Waals surface area contributed by atoms with E-state index in [-0.39, 0.29) is 69.2 Å². The number of unbranched alkanes of at least 4 members (excludes halogenated alkanes) is 11. The van der Waals surface area contributed by atoms with Crippen molar-refractivity contribution in [1.29, 1.82) is 0 Å². The molecular weight excluding hydrogens is 903 g/mol. The number of ether oxygens (including phenoxy) is 6. The number of nitrogens with one attached hydrogen (secondary N) is 1. The van der Waals surface area contributed by atoms with Crippen LogP contribution in [0.1, 0.15) is 165 Å². The number of nitrogens with zero attached hydrogens (tertiary/aromatic N) is 2. The van der Waals surface area contributed by atoms with Crippen molar-refractivity contribution in [3.63, 3.8) is 0 Å². The van der Waals surface area contributed by atoms with E-state index in [0.717, 1.165) is 93.7 Å². The third kappa shape index (κ3) is 13.3. The number of benzene rings is 2. The van der Waals surface area contributed by atoms with E-state index >= 15 is 4.79 Å². The summed E-state index contributed by atoms with van der Waals surface area (Å²) in [5, 5.41) is 28.1. The highest BCUT2D eigenvalue weighted by molar-refractivity contribution is 6.03. The summed E-state index contributed by atoms with van der Waals surface area (Å²) in [4.78, 5) is 36.8. The standard InChI is InChI=1S/C57H81N3O11/c1-3-5-6-7-8-9-10-11-12-16-29-58-56(64)69-43-26-28-48-46(36-43)53-44(21-14-18-31-62)42(20-13-17-30-61)35-45-47(59-71-52-22-15-19-33-65-52)37-51(57(70-48,54(45)53)68-32-4-2)60(55(63)41-24-25-41)38-40-23-27-49-50(34-40)67-39-66-49/h4,23,26-28,34-36,41-42,44,51-54,61-62H,2-3,5-22,24-25,29-33,37-39H2,1H3,(H,58,64). The Kier molecular flexibility index (Phi) is 19.6. The molecule has 71 heavy (non-hydrogen) atoms. The summed E-state index contributed by atoms with van der Waals surface area (Å²) in [6.45, 7) is 8.18. The summed E-state index contributed by atoms with van der Waals surface area (Å²) in [6.07, 6.45) is 24.2. The van der Waals surface area contributed by atoms with Crippen LogP contribution in [0.2, 0.25) is 0 Å². The lowest BCUT2D eigenvalue weighted by molar-refractivity contribution is -0.258. The monoisotopic (exact) mass is 984 g/mol. The van der Waals surface area contributed by atoms with Crippen molar-refractivity contribution in [3.8, 4) is 23.0 Å². The number of aliphatic hydroxyl groups is 2. The number of oxime groups is 1. The van der Waals surface area contributed by atoms with Crippen LogP contribution in [0.5, 0.6) is 23.0 Å². The Morgan fingerprint density at radius 2 is 1.62 bits per heavy atom. The minimum Gasteiger partial charge on any atom is -0.459 e. The Bertz CT molecular complexity index is 2120. The number of hydrogen-bond donors (Lipinski definition) is 3. The molecule has 6 aliphatic rings. The smallest absolute Gasteiger partial charge is 0.412 e. The number of amides is 2. The minimum absolute atomic E-state index is 0.00723. The summed E-state index contributed by atoms with van der Waals surface area (Å²) < 4.78 is 38.3. The van der Waals surface area contributed by atoms with Gasteiger partial charge in [-0.25, -0.2) is 4.79 Å². The molecule has 2 saturated carbocycles. The fourth-order valence-corrected chi connectivity index (χ4v) is 11.7. The van der Waals surface area contributed by atoms with Crippen molar-refractivity contribution in [3.05, 3.63) is 71.8 Å². The molecule has 2 amide bonds. The van der Waals surface area contributed by atoms with Gasteiger partial charge in [-0.2, -0.15) is 0 Å². The molecule has 0 bridgehead atoms. The van der Waals surface area contributed by atoms with E-state index < -0.39 is 30.1 Å². The minimum atomic E-state index is -1.43. The molecule has 390 valence electrons. The van der Waals surface area contributed by atoms with E-state index in [1.807, 2.05) is 35.2 Å². The van der Waals surface area contributed by atoms with E-state index in [9.17, 15) is 15.0 Å². The van der Waals surface area contributed by atoms with Gasteiger partial charge < -0.3 is 53.7 Å². The zero-order valence-electron chi connectivity index (χ0n) is 42.3. The molecule has 3 fully saturated rings. The lowest BCUT2D eigenvalue weighted by Gasteiger charge is -2.60. The zero-order chi connectivity index (χ0) is 49.4. The molecule has 3 N–H and O–H groups in total. The van der Waals surface area contributed by atoms with Crippen molar-refractivity contribution in [1.82, 2.24) is 10.2 Å². The Morgan fingerprint density at radius 3 is 2.35 bits per heavy atom. The number of hydrogen-bond acceptors (Lipinski definition) is 12. The second-order valence-electron chi connectivity index (χ2n) is 20.6. The Labute approximate surface area is 421 Å². The van der Waals surface area contributed by atoms with Gasteiger partial charge in [0, 0.05) is 56.5 Å². The van der Waals surface area contributed by atoms with Crippen LogP contribution in [-0.4, -0.2) is 90.7 Å². The SMILES string of the molecule is C=CCOC12Oc3ccc(OC(=O)NCCCCCCCCCCCC)cc3C3C(CCCCO)C(CCCCO)C=C(C(=NOC4CCCCO4)CC1N(Cc1ccc4c(c1)OCO4)C(=O)C1CC1)C32. The topological polar surface area (TPSA) is 167 Å². The number of carbonyl (C=O) groups is 2. The largest absolute Gasteiger partial charge is 0.459 e. The van der Waals surface area contributed by atoms with Gasteiger partial charge >= 0.3 is 6.09 Å². The second kappa shape index (κ2) is 26.4. The molecule has 3 heterocycles. The summed E-state index contributed by atoms with van der Waals surface area (Å²) in [5.41, 5.74) is 3.41. The van der Waals surface area contributed by atoms with Gasteiger partial charge in [0.1, 0.15) is 17.5 Å². The van der Waals surface area contributed by atoms with Gasteiger partial charge in [0.15, 0.2) is 11.5 Å². The Balaban J connectivity index is 1.17. The van der Waals surface area contributed by atoms with Crippen LogP contribution in [0.4, 0.5) is 4.79 Å². The third-order valence-corrected chi connectivity index (χ3v) is 15.4. The third-order valence-electron chi connectivity index (χ3n) is 15.4. The molecule has 1 saturated heterocycles. The molecule has 7 atom stereocenters. The molecule has 14 nitrogen and oxygen atoms in total. The molecule has 7 unspecified atom stereocenters. The molecule has 14 heteroatoms. The first-order valence-electron chi connectivity index (χ1n) is 27.4. The van der Waals surface area contributed by atoms with Crippen molar-refractivity contribution >= 4 is 17.7 Å². The van der Waals surface area contributed by atoms with E-state index in [1.54, 1.807) is 12.1 Å². The molecular formula is C57H81N3O11. The highest BCUT2D eigenvalue weighted by Crippen LogP contribution is 2.62. The van der Waals surface area contributed by atoms with Gasteiger partial charge in [-0.1, -0.05) is 101 Å². The van der Waals surface area contributed by atoms with Crippen molar-refractivity contribution < 1.29 is 53.1 Å². The van der Waals surface area contributed by atoms with Gasteiger partial charge in [0.05, 0.1) is 24.8 Å². The maximum absolute atomic E-state index is 15.1. The molecule has 3 aliphatic heterocycles. The molecule has 8 rings (SSSR count). The van der Waals surface area contributed by atoms with Crippen LogP contribution in [0.15, 0.2) is 65.9 Å². The predicted molar refractivity (Wildman–Crippen MR) is 271 cm³/mol. The fraction of sp³-hybridized carbons (Fsp3) is 0.667. The second-order valence-corrected chi connectivity index (χ2v) is 20.6. The summed E-state index contributed by atoms with van der Waals surface area (Å²) in [7, 11) is 0. The van der Waals surface area contributed by atoms with Crippen LogP contribution < -0.4 is 24.3 Å². The summed E-state index contributed by atoms with van der Waals surface area (Å²) in [5.74, 6) is 0.00749. The van der Waals surface area contributed by atoms with Crippen LogP contribution in [-0.2, 0) is 25.7 Å². The highest BCUT2D eigenvalue weighted by atomic mass is 16.8. The summed E-state index contributed by atoms with van der Waals surface area (Å²) in [6, 6.07) is 10.7. The lowest BCUT2D eigenvalue weighted by atomic mass is 9.55. The summed E-state index contributed by atoms with van der Waals surface area (Å²) >= 11 is 0. The van der Waals surface area contributed by atoms with E-state index in [1.165, 1.54) is 44.9 Å². The van der Waals surface area contributed by atoms with Crippen LogP contribution in [0.25, 0.3) is 0 Å². The molecule has 2 aromatic carbocycles. The molecule has 3 aliphatic carbocycles. The molecule has 0 spiro atoms. The first-order valence-corrected chi connectivity index (χ1v) is 27.4. The highest BCUT2D eigenvalue weighted by Gasteiger charge is 2.66. The first-order chi connectivity index (χ1) is 34.9.